The van der Waals surface area contributed by atoms with Gasteiger partial charge in [0.1, 0.15) is 6.79 Å². The van der Waals surface area contributed by atoms with Crippen molar-refractivity contribution in [3.63, 3.8) is 0 Å². The highest BCUT2D eigenvalue weighted by atomic mass is 16.7. The third-order valence-corrected chi connectivity index (χ3v) is 2.58. The van der Waals surface area contributed by atoms with Crippen molar-refractivity contribution in [2.45, 2.75) is 31.8 Å². The molecular formula is C10H18O4. The molecule has 0 bridgehead atoms. The standard InChI is InChI=1S/C10H18O4/c1-12-7-14-9-5-3-4-8(6-9)10(11)13-2/h8-9H,3-7H2,1-2H3/t8-,9+/m0/s1. The maximum atomic E-state index is 11.3. The number of ether oxygens (including phenoxy) is 3. The van der Waals surface area contributed by atoms with Crippen LogP contribution in [-0.4, -0.2) is 33.1 Å². The number of methoxy groups -OCH3 is 2. The van der Waals surface area contributed by atoms with Gasteiger partial charge in [-0.2, -0.15) is 0 Å². The lowest BCUT2D eigenvalue weighted by Gasteiger charge is -2.27. The zero-order valence-corrected chi connectivity index (χ0v) is 8.82. The van der Waals surface area contributed by atoms with Gasteiger partial charge in [0, 0.05) is 7.11 Å². The van der Waals surface area contributed by atoms with Crippen LogP contribution in [0.5, 0.6) is 0 Å². The average molecular weight is 202 g/mol. The van der Waals surface area contributed by atoms with Crippen LogP contribution in [0.3, 0.4) is 0 Å². The molecule has 14 heavy (non-hydrogen) atoms. The number of rotatable bonds is 4. The molecule has 0 unspecified atom stereocenters. The molecular weight excluding hydrogens is 184 g/mol. The highest BCUT2D eigenvalue weighted by Gasteiger charge is 2.28. The largest absolute Gasteiger partial charge is 0.469 e. The second-order valence-corrected chi connectivity index (χ2v) is 3.58. The Morgan fingerprint density at radius 2 is 2.14 bits per heavy atom. The highest BCUT2D eigenvalue weighted by Crippen LogP contribution is 2.27. The summed E-state index contributed by atoms with van der Waals surface area (Å²) in [5, 5.41) is 0. The quantitative estimate of drug-likeness (QED) is 0.509. The van der Waals surface area contributed by atoms with E-state index in [0.717, 1.165) is 25.7 Å². The van der Waals surface area contributed by atoms with Gasteiger partial charge >= 0.3 is 5.97 Å². The minimum absolute atomic E-state index is 0.00982. The molecule has 0 spiro atoms. The molecule has 1 saturated carbocycles. The fourth-order valence-corrected chi connectivity index (χ4v) is 1.84. The van der Waals surface area contributed by atoms with E-state index in [1.165, 1.54) is 7.11 Å². The number of esters is 1. The Labute approximate surface area is 84.5 Å². The van der Waals surface area contributed by atoms with Crippen molar-refractivity contribution in [2.24, 2.45) is 5.92 Å². The van der Waals surface area contributed by atoms with Gasteiger partial charge in [0.2, 0.25) is 0 Å². The van der Waals surface area contributed by atoms with Crippen molar-refractivity contribution >= 4 is 5.97 Å². The smallest absolute Gasteiger partial charge is 0.308 e. The normalized spacial score (nSPS) is 27.3. The molecule has 1 aliphatic carbocycles. The van der Waals surface area contributed by atoms with Gasteiger partial charge in [-0.1, -0.05) is 6.42 Å². The molecule has 0 radical (unpaired) electrons. The first kappa shape index (κ1) is 11.5. The summed E-state index contributed by atoms with van der Waals surface area (Å²) in [6, 6.07) is 0. The minimum Gasteiger partial charge on any atom is -0.469 e. The second kappa shape index (κ2) is 5.98. The number of carbonyl (C=O) groups excluding carboxylic acids is 1. The van der Waals surface area contributed by atoms with Gasteiger partial charge in [0.15, 0.2) is 0 Å². The summed E-state index contributed by atoms with van der Waals surface area (Å²) in [5.41, 5.74) is 0. The molecule has 0 saturated heterocycles. The maximum Gasteiger partial charge on any atom is 0.308 e. The van der Waals surface area contributed by atoms with Gasteiger partial charge in [-0.05, 0) is 19.3 Å². The van der Waals surface area contributed by atoms with Crippen LogP contribution in [0.1, 0.15) is 25.7 Å². The van der Waals surface area contributed by atoms with Gasteiger partial charge in [0.25, 0.3) is 0 Å². The van der Waals surface area contributed by atoms with E-state index in [-0.39, 0.29) is 18.0 Å². The summed E-state index contributed by atoms with van der Waals surface area (Å²) in [4.78, 5) is 11.3. The van der Waals surface area contributed by atoms with Crippen molar-refractivity contribution in [3.8, 4) is 0 Å². The lowest BCUT2D eigenvalue weighted by Crippen LogP contribution is -2.29. The molecule has 0 heterocycles. The van der Waals surface area contributed by atoms with E-state index in [4.69, 9.17) is 14.2 Å². The van der Waals surface area contributed by atoms with E-state index in [1.807, 2.05) is 0 Å². The van der Waals surface area contributed by atoms with Crippen LogP contribution in [0.4, 0.5) is 0 Å². The lowest BCUT2D eigenvalue weighted by atomic mass is 9.87. The predicted molar refractivity (Wildman–Crippen MR) is 50.7 cm³/mol. The van der Waals surface area contributed by atoms with Crippen LogP contribution >= 0.6 is 0 Å². The van der Waals surface area contributed by atoms with Crippen LogP contribution in [-0.2, 0) is 19.0 Å². The molecule has 0 amide bonds. The van der Waals surface area contributed by atoms with Crippen LogP contribution in [0.15, 0.2) is 0 Å². The van der Waals surface area contributed by atoms with Crippen molar-refractivity contribution < 1.29 is 19.0 Å². The SMILES string of the molecule is COCO[C@@H]1CCC[C@H](C(=O)OC)C1. The van der Waals surface area contributed by atoms with E-state index < -0.39 is 0 Å². The lowest BCUT2D eigenvalue weighted by molar-refractivity contribution is -0.150. The molecule has 1 aliphatic rings. The third-order valence-electron chi connectivity index (χ3n) is 2.58. The van der Waals surface area contributed by atoms with Crippen molar-refractivity contribution in [1.82, 2.24) is 0 Å². The highest BCUT2D eigenvalue weighted by molar-refractivity contribution is 5.72. The van der Waals surface area contributed by atoms with Gasteiger partial charge in [-0.25, -0.2) is 0 Å². The van der Waals surface area contributed by atoms with Crippen LogP contribution in [0.25, 0.3) is 0 Å². The maximum absolute atomic E-state index is 11.3. The molecule has 1 rings (SSSR count). The molecule has 0 aromatic carbocycles. The number of hydrogen-bond donors (Lipinski definition) is 0. The summed E-state index contributed by atoms with van der Waals surface area (Å²) in [7, 11) is 3.03. The summed E-state index contributed by atoms with van der Waals surface area (Å²) < 4.78 is 15.0. The van der Waals surface area contributed by atoms with Crippen LogP contribution in [0.2, 0.25) is 0 Å². The molecule has 0 aliphatic heterocycles. The molecule has 0 aromatic rings. The molecule has 0 aromatic heterocycles. The Kier molecular flexibility index (Phi) is 4.90. The first-order chi connectivity index (χ1) is 6.77. The monoisotopic (exact) mass is 202 g/mol. The van der Waals surface area contributed by atoms with Crippen molar-refractivity contribution in [3.05, 3.63) is 0 Å². The summed E-state index contributed by atoms with van der Waals surface area (Å²) >= 11 is 0. The van der Waals surface area contributed by atoms with Crippen LogP contribution < -0.4 is 0 Å². The van der Waals surface area contributed by atoms with Gasteiger partial charge in [0.05, 0.1) is 19.1 Å². The van der Waals surface area contributed by atoms with Crippen molar-refractivity contribution in [2.75, 3.05) is 21.0 Å². The Morgan fingerprint density at radius 3 is 2.79 bits per heavy atom. The molecule has 4 heteroatoms. The number of carbonyl (C=O) groups is 1. The van der Waals surface area contributed by atoms with E-state index in [0.29, 0.717) is 6.79 Å². The summed E-state index contributed by atoms with van der Waals surface area (Å²) in [5.74, 6) is -0.105. The fraction of sp³-hybridized carbons (Fsp3) is 0.900. The first-order valence-electron chi connectivity index (χ1n) is 4.96. The fourth-order valence-electron chi connectivity index (χ4n) is 1.84. The second-order valence-electron chi connectivity index (χ2n) is 3.58. The molecule has 4 nitrogen and oxygen atoms in total. The third kappa shape index (κ3) is 3.27. The molecule has 1 fully saturated rings. The van der Waals surface area contributed by atoms with E-state index >= 15 is 0 Å². The van der Waals surface area contributed by atoms with Gasteiger partial charge in [-0.3, -0.25) is 4.79 Å². The van der Waals surface area contributed by atoms with Gasteiger partial charge in [-0.15, -0.1) is 0 Å². The van der Waals surface area contributed by atoms with E-state index in [9.17, 15) is 4.79 Å². The van der Waals surface area contributed by atoms with Crippen molar-refractivity contribution in [1.29, 1.82) is 0 Å². The molecule has 82 valence electrons. The van der Waals surface area contributed by atoms with Gasteiger partial charge < -0.3 is 14.2 Å². The zero-order valence-electron chi connectivity index (χ0n) is 8.82. The minimum atomic E-state index is -0.115. The Bertz CT molecular complexity index is 181. The Hall–Kier alpha value is -0.610. The Morgan fingerprint density at radius 1 is 1.36 bits per heavy atom. The number of hydrogen-bond acceptors (Lipinski definition) is 4. The first-order valence-corrected chi connectivity index (χ1v) is 4.96. The Balaban J connectivity index is 2.31. The molecule has 0 N–H and O–H groups in total. The predicted octanol–water partition coefficient (Wildman–Crippen LogP) is 1.34. The average Bonchev–Trinajstić information content (AvgIpc) is 2.25. The summed E-state index contributed by atoms with van der Waals surface area (Å²) in [6.45, 7) is 0.304. The summed E-state index contributed by atoms with van der Waals surface area (Å²) in [6.07, 6.45) is 3.85. The van der Waals surface area contributed by atoms with E-state index in [1.54, 1.807) is 7.11 Å². The van der Waals surface area contributed by atoms with Crippen LogP contribution in [0, 0.1) is 5.92 Å². The topological polar surface area (TPSA) is 44.8 Å². The zero-order chi connectivity index (χ0) is 10.4. The molecule has 2 atom stereocenters. The van der Waals surface area contributed by atoms with E-state index in [2.05, 4.69) is 0 Å².